The zero-order valence-corrected chi connectivity index (χ0v) is 18.3. The van der Waals surface area contributed by atoms with Gasteiger partial charge in [0.15, 0.2) is 0 Å². The summed E-state index contributed by atoms with van der Waals surface area (Å²) in [6.45, 7) is 0.662. The van der Waals surface area contributed by atoms with E-state index in [0.717, 1.165) is 39.0 Å². The van der Waals surface area contributed by atoms with Gasteiger partial charge in [-0.05, 0) is 47.9 Å². The fourth-order valence-electron chi connectivity index (χ4n) is 3.78. The lowest BCUT2D eigenvalue weighted by atomic mass is 10.0. The molecule has 3 aromatic heterocycles. The number of fused-ring (bicyclic) bond motifs is 1. The third kappa shape index (κ3) is 4.22. The minimum atomic E-state index is -0.497. The van der Waals surface area contributed by atoms with Crippen LogP contribution < -0.4 is 10.6 Å². The van der Waals surface area contributed by atoms with E-state index in [9.17, 15) is 9.59 Å². The van der Waals surface area contributed by atoms with Crippen molar-refractivity contribution in [2.24, 2.45) is 0 Å². The standard InChI is InChI=1S/C23H20N4O2S2/c28-22-18(2-1-8-24-22)27-23(29)19-11-16(21-17(26-19)7-9-31-21)10-14-3-5-15(6-4-14)20-12-30-13-25-20/h3-7,9,11-13,18H,1-2,8,10H2,(H,24,28)(H,27,29). The van der Waals surface area contributed by atoms with Crippen molar-refractivity contribution in [3.63, 3.8) is 0 Å². The van der Waals surface area contributed by atoms with E-state index in [4.69, 9.17) is 0 Å². The van der Waals surface area contributed by atoms with Gasteiger partial charge >= 0.3 is 0 Å². The minimum Gasteiger partial charge on any atom is -0.354 e. The fraction of sp³-hybridized carbons (Fsp3) is 0.217. The first-order valence-corrected chi connectivity index (χ1v) is 11.9. The predicted molar refractivity (Wildman–Crippen MR) is 123 cm³/mol. The Bertz CT molecular complexity index is 1230. The maximum absolute atomic E-state index is 12.8. The molecule has 1 aliphatic rings. The molecule has 31 heavy (non-hydrogen) atoms. The lowest BCUT2D eigenvalue weighted by Crippen LogP contribution is -2.50. The molecule has 1 fully saturated rings. The molecule has 156 valence electrons. The Kier molecular flexibility index (Phi) is 5.48. The van der Waals surface area contributed by atoms with E-state index in [2.05, 4.69) is 44.9 Å². The van der Waals surface area contributed by atoms with Crippen molar-refractivity contribution in [3.8, 4) is 11.3 Å². The zero-order valence-electron chi connectivity index (χ0n) is 16.6. The molecule has 1 atom stereocenters. The van der Waals surface area contributed by atoms with Crippen molar-refractivity contribution < 1.29 is 9.59 Å². The van der Waals surface area contributed by atoms with Crippen LogP contribution >= 0.6 is 22.7 Å². The Morgan fingerprint density at radius 1 is 1.23 bits per heavy atom. The van der Waals surface area contributed by atoms with Gasteiger partial charge in [-0.15, -0.1) is 22.7 Å². The molecule has 2 N–H and O–H groups in total. The van der Waals surface area contributed by atoms with Gasteiger partial charge in [0.05, 0.1) is 21.4 Å². The average molecular weight is 449 g/mol. The van der Waals surface area contributed by atoms with Gasteiger partial charge in [0.2, 0.25) is 5.91 Å². The van der Waals surface area contributed by atoms with Crippen LogP contribution in [0, 0.1) is 0 Å². The molecular formula is C23H20N4O2S2. The largest absolute Gasteiger partial charge is 0.354 e. The van der Waals surface area contributed by atoms with Gasteiger partial charge in [0.1, 0.15) is 11.7 Å². The number of benzene rings is 1. The molecule has 8 heteroatoms. The normalized spacial score (nSPS) is 16.3. The summed E-state index contributed by atoms with van der Waals surface area (Å²) < 4.78 is 1.08. The molecule has 2 amide bonds. The summed E-state index contributed by atoms with van der Waals surface area (Å²) in [4.78, 5) is 33.7. The maximum atomic E-state index is 12.8. The van der Waals surface area contributed by atoms with Crippen molar-refractivity contribution in [1.29, 1.82) is 0 Å². The van der Waals surface area contributed by atoms with Crippen LogP contribution in [0.25, 0.3) is 21.5 Å². The highest BCUT2D eigenvalue weighted by Crippen LogP contribution is 2.27. The highest BCUT2D eigenvalue weighted by atomic mass is 32.1. The van der Waals surface area contributed by atoms with Crippen molar-refractivity contribution in [2.45, 2.75) is 25.3 Å². The SMILES string of the molecule is O=C(NC1CCCNC1=O)c1cc(Cc2ccc(-c3cscn3)cc2)c2sccc2n1. The van der Waals surface area contributed by atoms with Gasteiger partial charge in [-0.3, -0.25) is 9.59 Å². The zero-order chi connectivity index (χ0) is 21.2. The minimum absolute atomic E-state index is 0.128. The fourth-order valence-corrected chi connectivity index (χ4v) is 5.19. The Labute approximate surface area is 187 Å². The molecular weight excluding hydrogens is 428 g/mol. The van der Waals surface area contributed by atoms with E-state index in [1.54, 1.807) is 22.7 Å². The number of rotatable bonds is 5. The van der Waals surface area contributed by atoms with Crippen LogP contribution in [0.5, 0.6) is 0 Å². The number of piperidine rings is 1. The average Bonchev–Trinajstić information content (AvgIpc) is 3.48. The third-order valence-corrected chi connectivity index (χ3v) is 6.95. The van der Waals surface area contributed by atoms with E-state index in [1.807, 2.05) is 28.4 Å². The van der Waals surface area contributed by atoms with Crippen LogP contribution in [-0.4, -0.2) is 34.4 Å². The summed E-state index contributed by atoms with van der Waals surface area (Å²) in [5, 5.41) is 9.66. The van der Waals surface area contributed by atoms with Crippen molar-refractivity contribution in [3.05, 3.63) is 69.5 Å². The number of carbonyl (C=O) groups is 2. The number of thiophene rings is 1. The predicted octanol–water partition coefficient (Wildman–Crippen LogP) is 4.02. The number of carbonyl (C=O) groups excluding carboxylic acids is 2. The summed E-state index contributed by atoms with van der Waals surface area (Å²) in [5.41, 5.74) is 7.26. The van der Waals surface area contributed by atoms with Crippen LogP contribution in [0.15, 0.2) is 52.7 Å². The Morgan fingerprint density at radius 3 is 2.87 bits per heavy atom. The second-order valence-electron chi connectivity index (χ2n) is 7.51. The molecule has 1 saturated heterocycles. The van der Waals surface area contributed by atoms with E-state index in [-0.39, 0.29) is 11.8 Å². The summed E-state index contributed by atoms with van der Waals surface area (Å²) in [6, 6.07) is 11.6. The molecule has 0 aliphatic carbocycles. The van der Waals surface area contributed by atoms with Gasteiger partial charge in [-0.2, -0.15) is 0 Å². The van der Waals surface area contributed by atoms with Gasteiger partial charge < -0.3 is 10.6 Å². The van der Waals surface area contributed by atoms with Crippen LogP contribution in [0.4, 0.5) is 0 Å². The number of nitrogens with one attached hydrogen (secondary N) is 2. The number of amides is 2. The topological polar surface area (TPSA) is 84.0 Å². The molecule has 5 rings (SSSR count). The Hall–Kier alpha value is -3.10. The van der Waals surface area contributed by atoms with Crippen molar-refractivity contribution in [1.82, 2.24) is 20.6 Å². The first kappa shape index (κ1) is 19.8. The summed E-state index contributed by atoms with van der Waals surface area (Å²) in [5.74, 6) is -0.438. The smallest absolute Gasteiger partial charge is 0.270 e. The van der Waals surface area contributed by atoms with Gasteiger partial charge in [-0.25, -0.2) is 9.97 Å². The van der Waals surface area contributed by atoms with E-state index < -0.39 is 6.04 Å². The van der Waals surface area contributed by atoms with Crippen LogP contribution in [0.3, 0.4) is 0 Å². The molecule has 4 heterocycles. The van der Waals surface area contributed by atoms with Gasteiger partial charge in [-0.1, -0.05) is 24.3 Å². The Morgan fingerprint density at radius 2 is 2.10 bits per heavy atom. The van der Waals surface area contributed by atoms with Gasteiger partial charge in [0.25, 0.3) is 5.91 Å². The van der Waals surface area contributed by atoms with E-state index in [1.165, 1.54) is 0 Å². The molecule has 0 bridgehead atoms. The second-order valence-corrected chi connectivity index (χ2v) is 9.14. The molecule has 0 spiro atoms. The summed E-state index contributed by atoms with van der Waals surface area (Å²) in [7, 11) is 0. The van der Waals surface area contributed by atoms with Crippen molar-refractivity contribution >= 4 is 44.7 Å². The maximum Gasteiger partial charge on any atom is 0.270 e. The molecule has 1 aromatic carbocycles. The summed E-state index contributed by atoms with van der Waals surface area (Å²) in [6.07, 6.45) is 2.20. The number of nitrogens with zero attached hydrogens (tertiary/aromatic N) is 2. The van der Waals surface area contributed by atoms with Crippen LogP contribution in [-0.2, 0) is 11.2 Å². The highest BCUT2D eigenvalue weighted by Gasteiger charge is 2.25. The number of hydrogen-bond acceptors (Lipinski definition) is 6. The number of thiazole rings is 1. The van der Waals surface area contributed by atoms with Crippen molar-refractivity contribution in [2.75, 3.05) is 6.54 Å². The molecule has 0 saturated carbocycles. The first-order valence-electron chi connectivity index (χ1n) is 10.1. The highest BCUT2D eigenvalue weighted by molar-refractivity contribution is 7.17. The van der Waals surface area contributed by atoms with E-state index >= 15 is 0 Å². The number of pyridine rings is 1. The quantitative estimate of drug-likeness (QED) is 0.483. The lowest BCUT2D eigenvalue weighted by molar-refractivity contribution is -0.124. The molecule has 1 aliphatic heterocycles. The van der Waals surface area contributed by atoms with Crippen LogP contribution in [0.2, 0.25) is 0 Å². The van der Waals surface area contributed by atoms with Crippen LogP contribution in [0.1, 0.15) is 34.5 Å². The molecule has 6 nitrogen and oxygen atoms in total. The summed E-state index contributed by atoms with van der Waals surface area (Å²) >= 11 is 3.20. The Balaban J connectivity index is 1.40. The molecule has 1 unspecified atom stereocenters. The monoisotopic (exact) mass is 448 g/mol. The second kappa shape index (κ2) is 8.56. The third-order valence-electron chi connectivity index (χ3n) is 5.39. The molecule has 0 radical (unpaired) electrons. The number of hydrogen-bond donors (Lipinski definition) is 2. The lowest BCUT2D eigenvalue weighted by Gasteiger charge is -2.22. The first-order chi connectivity index (χ1) is 15.2. The van der Waals surface area contributed by atoms with Gasteiger partial charge in [0, 0.05) is 17.5 Å². The molecule has 4 aromatic rings. The number of aromatic nitrogens is 2. The van der Waals surface area contributed by atoms with E-state index in [0.29, 0.717) is 25.1 Å².